The minimum absolute atomic E-state index is 0.0456. The fraction of sp³-hybridized carbons (Fsp3) is 0.625. The molecule has 0 fully saturated rings. The van der Waals surface area contributed by atoms with Crippen LogP contribution < -0.4 is 5.32 Å². The van der Waals surface area contributed by atoms with E-state index in [0.29, 0.717) is 6.42 Å². The summed E-state index contributed by atoms with van der Waals surface area (Å²) in [6, 6.07) is 6.40. The zero-order valence-corrected chi connectivity index (χ0v) is 28.8. The lowest BCUT2D eigenvalue weighted by Gasteiger charge is -2.34. The molecule has 0 aromatic heterocycles. The summed E-state index contributed by atoms with van der Waals surface area (Å²) < 4.78 is 0. The quantitative estimate of drug-likeness (QED) is 0.103. The van der Waals surface area contributed by atoms with E-state index in [2.05, 4.69) is 26.1 Å². The molecule has 1 rings (SSSR count). The number of nitrogens with zero attached hydrogens (tertiary/aromatic N) is 3. The van der Waals surface area contributed by atoms with E-state index in [4.69, 9.17) is 10.2 Å². The van der Waals surface area contributed by atoms with Crippen molar-refractivity contribution in [3.8, 4) is 0 Å². The van der Waals surface area contributed by atoms with E-state index in [1.54, 1.807) is 31.3 Å². The van der Waals surface area contributed by atoms with E-state index < -0.39 is 68.6 Å². The van der Waals surface area contributed by atoms with E-state index in [-0.39, 0.29) is 26.1 Å². The maximum atomic E-state index is 11.5. The van der Waals surface area contributed by atoms with Crippen molar-refractivity contribution in [1.82, 2.24) is 14.7 Å². The lowest BCUT2D eigenvalue weighted by atomic mass is 10.0. The first-order valence-electron chi connectivity index (χ1n) is 15.6. The number of carbonyl (C=O) groups is 6. The Hall–Kier alpha value is -4.08. The molecule has 0 saturated carbocycles. The van der Waals surface area contributed by atoms with Gasteiger partial charge in [0.05, 0.1) is 32.7 Å². The topological polar surface area (TPSA) is 225 Å². The predicted molar refractivity (Wildman–Crippen MR) is 179 cm³/mol. The maximum absolute atomic E-state index is 11.5. The van der Waals surface area contributed by atoms with Gasteiger partial charge in [-0.1, -0.05) is 60.1 Å². The molecular weight excluding hydrogens is 616 g/mol. The van der Waals surface area contributed by atoms with E-state index in [1.165, 1.54) is 16.2 Å². The molecule has 0 bridgehead atoms. The van der Waals surface area contributed by atoms with Gasteiger partial charge in [-0.25, -0.2) is 0 Å². The van der Waals surface area contributed by atoms with Crippen LogP contribution in [0.4, 0.5) is 5.69 Å². The molecule has 0 aliphatic heterocycles. The van der Waals surface area contributed by atoms with Gasteiger partial charge < -0.3 is 35.6 Å². The Kier molecular flexibility index (Phi) is 29.5. The molecule has 0 radical (unpaired) electrons. The molecule has 0 aliphatic carbocycles. The number of carbonyl (C=O) groups excluding carboxylic acids is 1. The van der Waals surface area contributed by atoms with E-state index in [0.717, 1.165) is 28.4 Å². The van der Waals surface area contributed by atoms with Crippen LogP contribution in [0, 0.1) is 5.92 Å². The summed E-state index contributed by atoms with van der Waals surface area (Å²) in [6.45, 7) is 9.41. The first-order valence-corrected chi connectivity index (χ1v) is 15.6. The standard InChI is InChI=1S/C22H32N4O10.C5H12.C3H6O.C2H6/c1-23-16-4-2-15(3-5-16)8-17(26(13-21(33)34)14-22(35)36)9-24(10-18(27)28)6-7-25(11-19(29)30)12-20(31)32;1-4-5(2)3;1-2-3-4;1-2/h2-5,17,23H,6-14H2,1H3,(H,27,28)(H,29,30)(H,31,32)(H,33,34)(H,35,36);5H,4H2,1-3H3;3H,2H2,1H3;1-2H3. The van der Waals surface area contributed by atoms with Crippen LogP contribution in [0.25, 0.3) is 0 Å². The van der Waals surface area contributed by atoms with Crippen molar-refractivity contribution >= 4 is 41.8 Å². The van der Waals surface area contributed by atoms with Gasteiger partial charge in [0.1, 0.15) is 6.29 Å². The van der Waals surface area contributed by atoms with Crippen molar-refractivity contribution in [1.29, 1.82) is 0 Å². The van der Waals surface area contributed by atoms with Crippen molar-refractivity contribution in [2.24, 2.45) is 5.92 Å². The minimum atomic E-state index is -1.26. The Morgan fingerprint density at radius 2 is 1.09 bits per heavy atom. The third-order valence-electron chi connectivity index (χ3n) is 6.17. The highest BCUT2D eigenvalue weighted by Crippen LogP contribution is 2.15. The van der Waals surface area contributed by atoms with E-state index in [1.807, 2.05) is 20.8 Å². The fourth-order valence-electron chi connectivity index (χ4n) is 3.65. The lowest BCUT2D eigenvalue weighted by molar-refractivity contribution is -0.144. The fourth-order valence-corrected chi connectivity index (χ4v) is 3.65. The van der Waals surface area contributed by atoms with Gasteiger partial charge >= 0.3 is 29.8 Å². The third-order valence-corrected chi connectivity index (χ3v) is 6.17. The number of hydrogen-bond donors (Lipinski definition) is 6. The van der Waals surface area contributed by atoms with Crippen molar-refractivity contribution in [3.05, 3.63) is 29.8 Å². The summed E-state index contributed by atoms with van der Waals surface area (Å²) in [6.07, 6.45) is 3.02. The SMILES string of the molecule is CC.CCC(C)C.CCC=O.CNc1ccc(CC(CN(CCN(CC(=O)O)CC(=O)O)CC(=O)O)N(CC(=O)O)CC(=O)O)cc1. The monoisotopic (exact) mass is 672 g/mol. The number of aldehydes is 1. The van der Waals surface area contributed by atoms with Gasteiger partial charge in [-0.15, -0.1) is 0 Å². The predicted octanol–water partition coefficient (Wildman–Crippen LogP) is 2.64. The number of nitrogens with one attached hydrogen (secondary N) is 1. The van der Waals surface area contributed by atoms with Crippen LogP contribution in [0.3, 0.4) is 0 Å². The molecule has 0 saturated heterocycles. The second kappa shape index (κ2) is 29.3. The average Bonchev–Trinajstić information content (AvgIpc) is 2.99. The normalized spacial score (nSPS) is 10.9. The van der Waals surface area contributed by atoms with Crippen molar-refractivity contribution in [2.75, 3.05) is 64.7 Å². The molecule has 1 aromatic carbocycles. The molecule has 47 heavy (non-hydrogen) atoms. The van der Waals surface area contributed by atoms with Gasteiger partial charge in [-0.05, 0) is 30.0 Å². The molecule has 0 spiro atoms. The highest BCUT2D eigenvalue weighted by molar-refractivity contribution is 5.73. The van der Waals surface area contributed by atoms with Crippen molar-refractivity contribution in [3.63, 3.8) is 0 Å². The molecule has 1 aromatic rings. The number of rotatable bonds is 21. The number of anilines is 1. The minimum Gasteiger partial charge on any atom is -0.480 e. The third kappa shape index (κ3) is 29.1. The largest absolute Gasteiger partial charge is 0.480 e. The van der Waals surface area contributed by atoms with Crippen LogP contribution in [0.15, 0.2) is 24.3 Å². The summed E-state index contributed by atoms with van der Waals surface area (Å²) in [5, 5.41) is 49.1. The van der Waals surface area contributed by atoms with Crippen LogP contribution in [-0.4, -0.2) is 142 Å². The average molecular weight is 673 g/mol. The molecule has 1 atom stereocenters. The molecular formula is C32H56N4O11. The number of carboxylic acids is 5. The molecule has 1 unspecified atom stereocenters. The van der Waals surface area contributed by atoms with Gasteiger partial charge in [-0.3, -0.25) is 38.7 Å². The van der Waals surface area contributed by atoms with Crippen LogP contribution in [0.1, 0.15) is 59.9 Å². The summed E-state index contributed by atoms with van der Waals surface area (Å²) >= 11 is 0. The van der Waals surface area contributed by atoms with Gasteiger partial charge in [0.15, 0.2) is 0 Å². The molecule has 6 N–H and O–H groups in total. The van der Waals surface area contributed by atoms with E-state index in [9.17, 15) is 44.1 Å². The molecule has 0 aliphatic rings. The number of carboxylic acid groups (broad SMARTS) is 5. The van der Waals surface area contributed by atoms with Crippen LogP contribution in [0.5, 0.6) is 0 Å². The van der Waals surface area contributed by atoms with Crippen molar-refractivity contribution < 1.29 is 54.3 Å². The van der Waals surface area contributed by atoms with Crippen LogP contribution in [-0.2, 0) is 35.2 Å². The summed E-state index contributed by atoms with van der Waals surface area (Å²) in [5.74, 6) is -5.35. The first kappa shape index (κ1) is 47.3. The highest BCUT2D eigenvalue weighted by Gasteiger charge is 2.27. The Morgan fingerprint density at radius 1 is 0.723 bits per heavy atom. The van der Waals surface area contributed by atoms with Crippen molar-refractivity contribution in [2.45, 2.75) is 66.8 Å². The van der Waals surface area contributed by atoms with E-state index >= 15 is 0 Å². The smallest absolute Gasteiger partial charge is 0.317 e. The summed E-state index contributed by atoms with van der Waals surface area (Å²) in [7, 11) is 1.74. The molecule has 15 heteroatoms. The van der Waals surface area contributed by atoms with Gasteiger partial charge in [-0.2, -0.15) is 0 Å². The molecule has 270 valence electrons. The molecule has 0 amide bonds. The van der Waals surface area contributed by atoms with Crippen LogP contribution >= 0.6 is 0 Å². The maximum Gasteiger partial charge on any atom is 0.317 e. The Labute approximate surface area is 278 Å². The Bertz CT molecular complexity index is 1000. The molecule has 15 nitrogen and oxygen atoms in total. The summed E-state index contributed by atoms with van der Waals surface area (Å²) in [4.78, 5) is 69.4. The van der Waals surface area contributed by atoms with Gasteiger partial charge in [0.25, 0.3) is 0 Å². The Balaban J connectivity index is -0.00000152. The van der Waals surface area contributed by atoms with Crippen LogP contribution in [0.2, 0.25) is 0 Å². The second-order valence-corrected chi connectivity index (χ2v) is 10.5. The van der Waals surface area contributed by atoms with Gasteiger partial charge in [0, 0.05) is 44.8 Å². The van der Waals surface area contributed by atoms with Gasteiger partial charge in [0.2, 0.25) is 0 Å². The lowest BCUT2D eigenvalue weighted by Crippen LogP contribution is -2.51. The zero-order valence-electron chi connectivity index (χ0n) is 28.8. The number of hydrogen-bond acceptors (Lipinski definition) is 10. The number of aliphatic carboxylic acids is 5. The first-order chi connectivity index (χ1) is 22.1. The summed E-state index contributed by atoms with van der Waals surface area (Å²) in [5.41, 5.74) is 1.58. The Morgan fingerprint density at radius 3 is 1.40 bits per heavy atom. The number of benzene rings is 1. The molecule has 0 heterocycles. The highest BCUT2D eigenvalue weighted by atomic mass is 16.4. The zero-order chi connectivity index (χ0) is 36.9. The second-order valence-electron chi connectivity index (χ2n) is 10.5.